The van der Waals surface area contributed by atoms with E-state index in [9.17, 15) is 9.59 Å². The number of carbonyl (C=O) groups is 2. The molecule has 6 nitrogen and oxygen atoms in total. The van der Waals surface area contributed by atoms with Crippen LogP contribution in [-0.4, -0.2) is 43.0 Å². The monoisotopic (exact) mass is 434 g/mol. The number of piperidine rings is 1. The van der Waals surface area contributed by atoms with Crippen molar-refractivity contribution in [1.29, 1.82) is 0 Å². The van der Waals surface area contributed by atoms with Crippen molar-refractivity contribution in [3.05, 3.63) is 59.8 Å². The van der Waals surface area contributed by atoms with E-state index in [0.29, 0.717) is 34.4 Å². The van der Waals surface area contributed by atoms with Crippen LogP contribution in [0.4, 0.5) is 5.69 Å². The highest BCUT2D eigenvalue weighted by molar-refractivity contribution is 6.45. The molecule has 1 saturated heterocycles. The molecule has 1 fully saturated rings. The highest BCUT2D eigenvalue weighted by Gasteiger charge is 2.43. The van der Waals surface area contributed by atoms with Gasteiger partial charge in [-0.1, -0.05) is 19.1 Å². The van der Waals surface area contributed by atoms with Crippen molar-refractivity contribution in [1.82, 2.24) is 4.90 Å². The van der Waals surface area contributed by atoms with Gasteiger partial charge in [0.25, 0.3) is 11.8 Å². The van der Waals surface area contributed by atoms with E-state index in [1.165, 1.54) is 4.90 Å². The zero-order valence-electron chi connectivity index (χ0n) is 19.1. The average molecular weight is 435 g/mol. The van der Waals surface area contributed by atoms with Gasteiger partial charge in [-0.05, 0) is 74.6 Å². The minimum Gasteiger partial charge on any atom is -0.497 e. The Hall–Kier alpha value is -3.28. The third kappa shape index (κ3) is 4.22. The number of ether oxygens (including phenoxy) is 2. The van der Waals surface area contributed by atoms with E-state index in [4.69, 9.17) is 9.47 Å². The molecule has 2 heterocycles. The van der Waals surface area contributed by atoms with Crippen molar-refractivity contribution < 1.29 is 19.1 Å². The van der Waals surface area contributed by atoms with E-state index in [2.05, 4.69) is 11.8 Å². The molecule has 2 aliphatic heterocycles. The van der Waals surface area contributed by atoms with Crippen LogP contribution in [0.25, 0.3) is 5.57 Å². The van der Waals surface area contributed by atoms with Crippen LogP contribution in [0.1, 0.15) is 39.2 Å². The molecule has 0 aliphatic carbocycles. The van der Waals surface area contributed by atoms with Gasteiger partial charge in [0.15, 0.2) is 0 Å². The van der Waals surface area contributed by atoms with Crippen molar-refractivity contribution >= 4 is 23.1 Å². The number of nitrogens with zero attached hydrogens (tertiary/aromatic N) is 2. The number of hydrogen-bond donors (Lipinski definition) is 0. The number of benzene rings is 2. The molecule has 168 valence electrons. The number of likely N-dealkylation sites (tertiary alicyclic amines) is 1. The normalized spacial score (nSPS) is 19.2. The summed E-state index contributed by atoms with van der Waals surface area (Å²) in [4.78, 5) is 30.6. The molecule has 0 saturated carbocycles. The van der Waals surface area contributed by atoms with Crippen LogP contribution in [0.15, 0.2) is 54.2 Å². The predicted molar refractivity (Wildman–Crippen MR) is 125 cm³/mol. The third-order valence-electron chi connectivity index (χ3n) is 5.88. The predicted octanol–water partition coefficient (Wildman–Crippen LogP) is 4.50. The highest BCUT2D eigenvalue weighted by Crippen LogP contribution is 2.37. The molecule has 32 heavy (non-hydrogen) atoms. The largest absolute Gasteiger partial charge is 0.497 e. The number of methoxy groups -OCH3 is 1. The molecule has 2 aromatic carbocycles. The Morgan fingerprint density at radius 2 is 1.59 bits per heavy atom. The molecular formula is C26H30N2O4. The summed E-state index contributed by atoms with van der Waals surface area (Å²) in [6, 6.07) is 14.4. The summed E-state index contributed by atoms with van der Waals surface area (Å²) >= 11 is 0. The summed E-state index contributed by atoms with van der Waals surface area (Å²) in [5, 5.41) is 0. The summed E-state index contributed by atoms with van der Waals surface area (Å²) in [5.41, 5.74) is 2.21. The van der Waals surface area contributed by atoms with Crippen LogP contribution in [0, 0.1) is 5.92 Å². The second kappa shape index (κ2) is 9.07. The van der Waals surface area contributed by atoms with Crippen LogP contribution in [-0.2, 0) is 9.59 Å². The van der Waals surface area contributed by atoms with Gasteiger partial charge >= 0.3 is 0 Å². The fraction of sp³-hybridized carbons (Fsp3) is 0.385. The third-order valence-corrected chi connectivity index (χ3v) is 5.88. The SMILES string of the molecule is COc1ccc(C2=C(N3CCCC(C)C3)C(=O)N(c3ccc(OC(C)C)cc3)C2=O)cc1. The number of carbonyl (C=O) groups excluding carboxylic acids is 2. The van der Waals surface area contributed by atoms with Crippen molar-refractivity contribution in [3.63, 3.8) is 0 Å². The van der Waals surface area contributed by atoms with Gasteiger partial charge in [-0.25, -0.2) is 4.90 Å². The van der Waals surface area contributed by atoms with E-state index in [1.54, 1.807) is 31.4 Å². The summed E-state index contributed by atoms with van der Waals surface area (Å²) in [6.45, 7) is 7.64. The number of amides is 2. The van der Waals surface area contributed by atoms with E-state index in [1.807, 2.05) is 38.1 Å². The summed E-state index contributed by atoms with van der Waals surface area (Å²) in [7, 11) is 1.60. The Labute approximate surface area is 189 Å². The Balaban J connectivity index is 1.73. The lowest BCUT2D eigenvalue weighted by Gasteiger charge is -2.33. The maximum absolute atomic E-state index is 13.6. The molecule has 1 unspecified atom stereocenters. The van der Waals surface area contributed by atoms with Gasteiger partial charge < -0.3 is 14.4 Å². The lowest BCUT2D eigenvalue weighted by Crippen LogP contribution is -2.39. The fourth-order valence-corrected chi connectivity index (χ4v) is 4.40. The molecule has 0 bridgehead atoms. The van der Waals surface area contributed by atoms with Crippen molar-refractivity contribution in [2.75, 3.05) is 25.1 Å². The Bertz CT molecular complexity index is 1020. The van der Waals surface area contributed by atoms with Crippen LogP contribution in [0.5, 0.6) is 11.5 Å². The number of hydrogen-bond acceptors (Lipinski definition) is 5. The van der Waals surface area contributed by atoms with Crippen molar-refractivity contribution in [2.24, 2.45) is 5.92 Å². The first-order chi connectivity index (χ1) is 15.4. The van der Waals surface area contributed by atoms with Gasteiger partial charge in [-0.3, -0.25) is 9.59 Å². The molecule has 0 radical (unpaired) electrons. The molecule has 2 aliphatic rings. The summed E-state index contributed by atoms with van der Waals surface area (Å²) in [5.74, 6) is 1.31. The Morgan fingerprint density at radius 1 is 0.938 bits per heavy atom. The molecule has 2 aromatic rings. The average Bonchev–Trinajstić information content (AvgIpc) is 3.04. The molecule has 0 aromatic heterocycles. The van der Waals surface area contributed by atoms with E-state index < -0.39 is 0 Å². The molecule has 0 spiro atoms. The molecule has 1 atom stereocenters. The maximum Gasteiger partial charge on any atom is 0.282 e. The second-order valence-electron chi connectivity index (χ2n) is 8.75. The first-order valence-electron chi connectivity index (χ1n) is 11.2. The topological polar surface area (TPSA) is 59.1 Å². The second-order valence-corrected chi connectivity index (χ2v) is 8.75. The van der Waals surface area contributed by atoms with E-state index in [0.717, 1.165) is 31.5 Å². The smallest absolute Gasteiger partial charge is 0.282 e. The summed E-state index contributed by atoms with van der Waals surface area (Å²) < 4.78 is 11.0. The fourth-order valence-electron chi connectivity index (χ4n) is 4.40. The quantitative estimate of drug-likeness (QED) is 0.627. The van der Waals surface area contributed by atoms with Crippen molar-refractivity contribution in [2.45, 2.75) is 39.7 Å². The minimum atomic E-state index is -0.300. The Morgan fingerprint density at radius 3 is 2.19 bits per heavy atom. The molecule has 2 amide bonds. The van der Waals surface area contributed by atoms with Crippen LogP contribution in [0.3, 0.4) is 0 Å². The zero-order chi connectivity index (χ0) is 22.8. The lowest BCUT2D eigenvalue weighted by molar-refractivity contribution is -0.120. The minimum absolute atomic E-state index is 0.0481. The Kier molecular flexibility index (Phi) is 6.21. The number of anilines is 1. The highest BCUT2D eigenvalue weighted by atomic mass is 16.5. The number of rotatable bonds is 6. The molecule has 0 N–H and O–H groups in total. The van der Waals surface area contributed by atoms with E-state index >= 15 is 0 Å². The first-order valence-corrected chi connectivity index (χ1v) is 11.2. The first kappa shape index (κ1) is 21.9. The van der Waals surface area contributed by atoms with Gasteiger partial charge in [0.1, 0.15) is 17.2 Å². The molecule has 6 heteroatoms. The van der Waals surface area contributed by atoms with Gasteiger partial charge in [0.2, 0.25) is 0 Å². The van der Waals surface area contributed by atoms with Gasteiger partial charge in [-0.2, -0.15) is 0 Å². The van der Waals surface area contributed by atoms with Crippen molar-refractivity contribution in [3.8, 4) is 11.5 Å². The number of imide groups is 1. The van der Waals surface area contributed by atoms with Crippen LogP contribution < -0.4 is 14.4 Å². The van der Waals surface area contributed by atoms with Gasteiger partial charge in [0.05, 0.1) is 24.5 Å². The van der Waals surface area contributed by atoms with Gasteiger partial charge in [0, 0.05) is 13.1 Å². The molecule has 4 rings (SSSR count). The maximum atomic E-state index is 13.6. The summed E-state index contributed by atoms with van der Waals surface area (Å²) in [6.07, 6.45) is 2.18. The van der Waals surface area contributed by atoms with Crippen LogP contribution >= 0.6 is 0 Å². The zero-order valence-corrected chi connectivity index (χ0v) is 19.1. The van der Waals surface area contributed by atoms with Gasteiger partial charge in [-0.15, -0.1) is 0 Å². The standard InChI is InChI=1S/C26H30N2O4/c1-17(2)32-22-13-9-20(10-14-22)28-25(29)23(19-7-11-21(31-4)12-8-19)24(26(28)30)27-15-5-6-18(3)16-27/h7-14,17-18H,5-6,15-16H2,1-4H3. The van der Waals surface area contributed by atoms with E-state index in [-0.39, 0.29) is 17.9 Å². The van der Waals surface area contributed by atoms with Crippen LogP contribution in [0.2, 0.25) is 0 Å². The molecular weight excluding hydrogens is 404 g/mol. The lowest BCUT2D eigenvalue weighted by atomic mass is 9.98.